The van der Waals surface area contributed by atoms with Crippen LogP contribution >= 0.6 is 15.9 Å². The third kappa shape index (κ3) is 3.68. The molecule has 1 aromatic carbocycles. The van der Waals surface area contributed by atoms with E-state index in [1.807, 2.05) is 13.0 Å². The van der Waals surface area contributed by atoms with Gasteiger partial charge in [0, 0.05) is 4.47 Å². The van der Waals surface area contributed by atoms with Crippen molar-refractivity contribution in [3.8, 4) is 0 Å². The first-order chi connectivity index (χ1) is 8.02. The number of hydrogen-bond acceptors (Lipinski definition) is 2. The van der Waals surface area contributed by atoms with Crippen LogP contribution in [0.15, 0.2) is 46.3 Å². The van der Waals surface area contributed by atoms with Crippen LogP contribution in [-0.2, 0) is 9.84 Å². The van der Waals surface area contributed by atoms with Crippen molar-refractivity contribution in [2.24, 2.45) is 0 Å². The summed E-state index contributed by atoms with van der Waals surface area (Å²) in [4.78, 5) is 0.355. The van der Waals surface area contributed by atoms with Crippen LogP contribution in [-0.4, -0.2) is 13.7 Å². The molecule has 0 aliphatic carbocycles. The molecule has 0 aromatic heterocycles. The molecule has 0 amide bonds. The fourth-order valence-electron chi connectivity index (χ4n) is 1.62. The predicted octanol–water partition coefficient (Wildman–Crippen LogP) is 3.97. The molecule has 0 saturated carbocycles. The van der Waals surface area contributed by atoms with Gasteiger partial charge in [-0.3, -0.25) is 0 Å². The minimum atomic E-state index is -3.29. The number of unbranched alkanes of at least 4 members (excludes halogenated alkanes) is 1. The monoisotopic (exact) mass is 316 g/mol. The molecule has 4 heteroatoms. The number of hydrogen-bond donors (Lipinski definition) is 0. The first-order valence-corrected chi connectivity index (χ1v) is 7.98. The Morgan fingerprint density at radius 3 is 2.71 bits per heavy atom. The summed E-state index contributed by atoms with van der Waals surface area (Å²) in [7, 11) is -3.29. The fraction of sp³-hybridized carbons (Fsp3) is 0.385. The van der Waals surface area contributed by atoms with Crippen molar-refractivity contribution in [3.63, 3.8) is 0 Å². The van der Waals surface area contributed by atoms with Crippen molar-refractivity contribution in [3.05, 3.63) is 41.4 Å². The molecule has 94 valence electrons. The van der Waals surface area contributed by atoms with Crippen LogP contribution in [0.4, 0.5) is 0 Å². The summed E-state index contributed by atoms with van der Waals surface area (Å²) in [5.74, 6) is 0. The molecule has 0 saturated heterocycles. The first kappa shape index (κ1) is 14.5. The standard InChI is InChI=1S/C13H17BrO2S/c1-3-5-8-12(4-2)17(15,16)13-9-6-7-11(14)10-13/h4,6-7,9-10,12H,2-3,5,8H2,1H3. The maximum Gasteiger partial charge on any atom is 0.184 e. The zero-order valence-corrected chi connectivity index (χ0v) is 12.3. The van der Waals surface area contributed by atoms with Crippen molar-refractivity contribution in [2.75, 3.05) is 0 Å². The molecule has 1 rings (SSSR count). The Labute approximate surface area is 112 Å². The van der Waals surface area contributed by atoms with E-state index >= 15 is 0 Å². The molecular formula is C13H17BrO2S. The predicted molar refractivity (Wildman–Crippen MR) is 74.8 cm³/mol. The average molecular weight is 317 g/mol. The van der Waals surface area contributed by atoms with Gasteiger partial charge in [-0.1, -0.05) is 47.8 Å². The van der Waals surface area contributed by atoms with E-state index in [4.69, 9.17) is 0 Å². The maximum atomic E-state index is 12.3. The molecule has 0 aliphatic rings. The van der Waals surface area contributed by atoms with Crippen molar-refractivity contribution in [1.82, 2.24) is 0 Å². The van der Waals surface area contributed by atoms with Crippen LogP contribution in [0.1, 0.15) is 26.2 Å². The number of rotatable bonds is 6. The second kappa shape index (κ2) is 6.36. The lowest BCUT2D eigenvalue weighted by atomic mass is 10.2. The van der Waals surface area contributed by atoms with Crippen molar-refractivity contribution >= 4 is 25.8 Å². The third-order valence-corrected chi connectivity index (χ3v) is 5.26. The second-order valence-corrected chi connectivity index (χ2v) is 7.00. The minimum Gasteiger partial charge on any atom is -0.223 e. The summed E-state index contributed by atoms with van der Waals surface area (Å²) in [5, 5.41) is -0.489. The molecule has 17 heavy (non-hydrogen) atoms. The van der Waals surface area contributed by atoms with Gasteiger partial charge in [0.15, 0.2) is 9.84 Å². The molecule has 0 aliphatic heterocycles. The van der Waals surface area contributed by atoms with E-state index in [1.54, 1.807) is 18.2 Å². The van der Waals surface area contributed by atoms with Gasteiger partial charge in [-0.2, -0.15) is 0 Å². The maximum absolute atomic E-state index is 12.3. The van der Waals surface area contributed by atoms with Gasteiger partial charge in [0.1, 0.15) is 0 Å². The summed E-state index contributed by atoms with van der Waals surface area (Å²) in [6, 6.07) is 6.81. The largest absolute Gasteiger partial charge is 0.223 e. The van der Waals surface area contributed by atoms with E-state index in [1.165, 1.54) is 6.08 Å². The van der Waals surface area contributed by atoms with Crippen LogP contribution < -0.4 is 0 Å². The minimum absolute atomic E-state index is 0.355. The van der Waals surface area contributed by atoms with Gasteiger partial charge < -0.3 is 0 Å². The van der Waals surface area contributed by atoms with E-state index in [-0.39, 0.29) is 0 Å². The highest BCUT2D eigenvalue weighted by atomic mass is 79.9. The fourth-order valence-corrected chi connectivity index (χ4v) is 3.81. The van der Waals surface area contributed by atoms with Gasteiger partial charge in [0.2, 0.25) is 0 Å². The summed E-state index contributed by atoms with van der Waals surface area (Å²) < 4.78 is 25.4. The van der Waals surface area contributed by atoms with E-state index in [9.17, 15) is 8.42 Å². The highest BCUT2D eigenvalue weighted by Crippen LogP contribution is 2.23. The summed E-state index contributed by atoms with van der Waals surface area (Å²) in [5.41, 5.74) is 0. The van der Waals surface area contributed by atoms with Gasteiger partial charge in [-0.25, -0.2) is 8.42 Å². The van der Waals surface area contributed by atoms with Crippen LogP contribution in [0.25, 0.3) is 0 Å². The van der Waals surface area contributed by atoms with Gasteiger partial charge in [-0.05, 0) is 24.6 Å². The zero-order valence-electron chi connectivity index (χ0n) is 9.90. The van der Waals surface area contributed by atoms with Gasteiger partial charge in [-0.15, -0.1) is 6.58 Å². The second-order valence-electron chi connectivity index (χ2n) is 3.92. The van der Waals surface area contributed by atoms with Crippen molar-refractivity contribution in [2.45, 2.75) is 36.3 Å². The molecule has 0 heterocycles. The first-order valence-electron chi connectivity index (χ1n) is 5.64. The smallest absolute Gasteiger partial charge is 0.184 e. The SMILES string of the molecule is C=CC(CCCC)S(=O)(=O)c1cccc(Br)c1. The molecular weight excluding hydrogens is 300 g/mol. The molecule has 0 radical (unpaired) electrons. The Hall–Kier alpha value is -0.610. The molecule has 1 aromatic rings. The summed E-state index contributed by atoms with van der Waals surface area (Å²) in [6.07, 6.45) is 4.04. The topological polar surface area (TPSA) is 34.1 Å². The Morgan fingerprint density at radius 2 is 2.18 bits per heavy atom. The highest BCUT2D eigenvalue weighted by Gasteiger charge is 2.24. The zero-order chi connectivity index (χ0) is 12.9. The molecule has 1 unspecified atom stereocenters. The van der Waals surface area contributed by atoms with Crippen LogP contribution in [0.5, 0.6) is 0 Å². The molecule has 0 spiro atoms. The van der Waals surface area contributed by atoms with E-state index < -0.39 is 15.1 Å². The molecule has 0 bridgehead atoms. The van der Waals surface area contributed by atoms with Gasteiger partial charge in [0.25, 0.3) is 0 Å². The summed E-state index contributed by atoms with van der Waals surface area (Å²) in [6.45, 7) is 5.68. The Bertz CT molecular complexity index is 480. The molecule has 0 fully saturated rings. The van der Waals surface area contributed by atoms with Crippen LogP contribution in [0, 0.1) is 0 Å². The average Bonchev–Trinajstić information content (AvgIpc) is 2.30. The van der Waals surface area contributed by atoms with Crippen LogP contribution in [0.3, 0.4) is 0 Å². The van der Waals surface area contributed by atoms with Gasteiger partial charge >= 0.3 is 0 Å². The Morgan fingerprint density at radius 1 is 1.47 bits per heavy atom. The molecule has 0 N–H and O–H groups in total. The van der Waals surface area contributed by atoms with Crippen molar-refractivity contribution < 1.29 is 8.42 Å². The highest BCUT2D eigenvalue weighted by molar-refractivity contribution is 9.10. The Balaban J connectivity index is 3.04. The van der Waals surface area contributed by atoms with E-state index in [2.05, 4.69) is 22.5 Å². The lowest BCUT2D eigenvalue weighted by Gasteiger charge is -2.13. The van der Waals surface area contributed by atoms with Crippen molar-refractivity contribution in [1.29, 1.82) is 0 Å². The van der Waals surface area contributed by atoms with E-state index in [0.29, 0.717) is 11.3 Å². The normalized spacial score (nSPS) is 13.3. The van der Waals surface area contributed by atoms with E-state index in [0.717, 1.165) is 17.3 Å². The lowest BCUT2D eigenvalue weighted by Crippen LogP contribution is -2.19. The molecule has 2 nitrogen and oxygen atoms in total. The van der Waals surface area contributed by atoms with Crippen LogP contribution in [0.2, 0.25) is 0 Å². The number of halogens is 1. The number of sulfone groups is 1. The summed E-state index contributed by atoms with van der Waals surface area (Å²) >= 11 is 3.29. The molecule has 1 atom stereocenters. The third-order valence-electron chi connectivity index (χ3n) is 2.63. The number of benzene rings is 1. The lowest BCUT2D eigenvalue weighted by molar-refractivity contribution is 0.579. The van der Waals surface area contributed by atoms with Gasteiger partial charge in [0.05, 0.1) is 10.1 Å². The Kier molecular flexibility index (Phi) is 5.40. The quantitative estimate of drug-likeness (QED) is 0.744.